The van der Waals surface area contributed by atoms with Crippen LogP contribution in [0.5, 0.6) is 5.75 Å². The van der Waals surface area contributed by atoms with E-state index in [1.165, 1.54) is 38.5 Å². The van der Waals surface area contributed by atoms with Crippen LogP contribution in [0.2, 0.25) is 0 Å². The van der Waals surface area contributed by atoms with Gasteiger partial charge in [-0.3, -0.25) is 9.89 Å². The number of nitrogens with one attached hydrogen (secondary N) is 2. The van der Waals surface area contributed by atoms with Crippen molar-refractivity contribution in [2.45, 2.75) is 57.8 Å². The van der Waals surface area contributed by atoms with Gasteiger partial charge in [-0.25, -0.2) is 5.43 Å². The van der Waals surface area contributed by atoms with Gasteiger partial charge in [-0.1, -0.05) is 0 Å². The summed E-state index contributed by atoms with van der Waals surface area (Å²) in [5.74, 6) is 3.13. The molecule has 0 radical (unpaired) electrons. The van der Waals surface area contributed by atoms with Crippen LogP contribution >= 0.6 is 0 Å². The van der Waals surface area contributed by atoms with Gasteiger partial charge in [-0.2, -0.15) is 10.2 Å². The van der Waals surface area contributed by atoms with Gasteiger partial charge < -0.3 is 4.74 Å². The van der Waals surface area contributed by atoms with Crippen molar-refractivity contribution in [3.8, 4) is 5.75 Å². The highest BCUT2D eigenvalue weighted by Gasteiger charge is 2.52. The number of rotatable bonds is 6. The molecule has 4 bridgehead atoms. The molecule has 6 rings (SSSR count). The Kier molecular flexibility index (Phi) is 4.88. The average Bonchev–Trinajstić information content (AvgIpc) is 3.23. The molecule has 1 aromatic heterocycles. The molecule has 1 amide bonds. The maximum Gasteiger partial charge on any atom is 0.291 e. The van der Waals surface area contributed by atoms with E-state index >= 15 is 0 Å². The van der Waals surface area contributed by atoms with Crippen LogP contribution in [0.4, 0.5) is 0 Å². The highest BCUT2D eigenvalue weighted by atomic mass is 16.5. The number of aromatic amines is 1. The third kappa shape index (κ3) is 3.53. The number of carbonyl (C=O) groups excluding carboxylic acids is 1. The molecule has 4 saturated carbocycles. The van der Waals surface area contributed by atoms with E-state index in [-0.39, 0.29) is 11.3 Å². The van der Waals surface area contributed by atoms with Gasteiger partial charge >= 0.3 is 0 Å². The second-order valence-electron chi connectivity index (χ2n) is 9.46. The second-order valence-corrected chi connectivity index (χ2v) is 9.46. The number of ether oxygens (including phenoxy) is 1. The maximum absolute atomic E-state index is 12.6. The van der Waals surface area contributed by atoms with Crippen LogP contribution in [-0.4, -0.2) is 28.4 Å². The van der Waals surface area contributed by atoms with Gasteiger partial charge in [-0.05, 0) is 106 Å². The van der Waals surface area contributed by atoms with Gasteiger partial charge in [0.25, 0.3) is 5.91 Å². The van der Waals surface area contributed by atoms with Crippen LogP contribution in [0.3, 0.4) is 0 Å². The van der Waals surface area contributed by atoms with E-state index < -0.39 is 0 Å². The quantitative estimate of drug-likeness (QED) is 0.550. The molecular formula is C24H30N4O2. The van der Waals surface area contributed by atoms with Crippen molar-refractivity contribution < 1.29 is 9.53 Å². The zero-order valence-electron chi connectivity index (χ0n) is 17.8. The Balaban J connectivity index is 1.26. The normalized spacial score (nSPS) is 29.8. The molecule has 0 atom stereocenters. The lowest BCUT2D eigenvalue weighted by Crippen LogP contribution is -2.48. The van der Waals surface area contributed by atoms with E-state index in [4.69, 9.17) is 4.74 Å². The summed E-state index contributed by atoms with van der Waals surface area (Å²) in [5.41, 5.74) is 6.12. The molecule has 0 aliphatic heterocycles. The molecule has 0 saturated heterocycles. The van der Waals surface area contributed by atoms with Crippen molar-refractivity contribution in [3.05, 3.63) is 47.3 Å². The highest BCUT2D eigenvalue weighted by Crippen LogP contribution is 2.60. The smallest absolute Gasteiger partial charge is 0.291 e. The topological polar surface area (TPSA) is 79.4 Å². The lowest BCUT2D eigenvalue weighted by molar-refractivity contribution is -0.00721. The molecule has 4 aliphatic rings. The Morgan fingerprint density at radius 2 is 1.80 bits per heavy atom. The molecule has 0 unspecified atom stereocenters. The summed E-state index contributed by atoms with van der Waals surface area (Å²) in [5, 5.41) is 11.8. The summed E-state index contributed by atoms with van der Waals surface area (Å²) < 4.78 is 5.46. The molecule has 0 spiro atoms. The summed E-state index contributed by atoms with van der Waals surface area (Å²) in [7, 11) is 0. The Morgan fingerprint density at radius 3 is 2.40 bits per heavy atom. The van der Waals surface area contributed by atoms with Gasteiger partial charge in [-0.15, -0.1) is 0 Å². The maximum atomic E-state index is 12.6. The Hall–Kier alpha value is -2.63. The fourth-order valence-corrected chi connectivity index (χ4v) is 6.37. The molecule has 30 heavy (non-hydrogen) atoms. The molecule has 1 heterocycles. The zero-order valence-corrected chi connectivity index (χ0v) is 17.8. The van der Waals surface area contributed by atoms with Crippen LogP contribution in [0.1, 0.15) is 74.1 Å². The Morgan fingerprint density at radius 1 is 1.17 bits per heavy atom. The van der Waals surface area contributed by atoms with Gasteiger partial charge in [0.1, 0.15) is 5.75 Å². The second kappa shape index (κ2) is 7.56. The predicted octanol–water partition coefficient (Wildman–Crippen LogP) is 4.43. The van der Waals surface area contributed by atoms with E-state index in [1.54, 1.807) is 0 Å². The minimum Gasteiger partial charge on any atom is -0.494 e. The zero-order chi connectivity index (χ0) is 20.7. The SMILES string of the molecule is CCOc1ccc(C(C)=NNC(=O)c2cc(C34CC5CC(CC(C5)C3)C4)[nH]n2)cc1. The Bertz CT molecular complexity index is 925. The third-order valence-electron chi connectivity index (χ3n) is 7.33. The summed E-state index contributed by atoms with van der Waals surface area (Å²) >= 11 is 0. The lowest BCUT2D eigenvalue weighted by atomic mass is 9.49. The van der Waals surface area contributed by atoms with E-state index in [0.717, 1.165) is 40.5 Å². The van der Waals surface area contributed by atoms with Crippen LogP contribution in [-0.2, 0) is 5.41 Å². The summed E-state index contributed by atoms with van der Waals surface area (Å²) in [4.78, 5) is 12.6. The molecule has 4 aliphatic carbocycles. The first kappa shape index (κ1) is 19.3. The first-order chi connectivity index (χ1) is 14.5. The first-order valence-corrected chi connectivity index (χ1v) is 11.2. The van der Waals surface area contributed by atoms with Crippen LogP contribution in [0.15, 0.2) is 35.4 Å². The van der Waals surface area contributed by atoms with Crippen molar-refractivity contribution in [2.24, 2.45) is 22.9 Å². The Labute approximate surface area is 177 Å². The van der Waals surface area contributed by atoms with Gasteiger partial charge in [0.05, 0.1) is 12.3 Å². The van der Waals surface area contributed by atoms with E-state index in [0.29, 0.717) is 12.3 Å². The lowest BCUT2D eigenvalue weighted by Gasteiger charge is -2.56. The number of carbonyl (C=O) groups is 1. The minimum absolute atomic E-state index is 0.210. The van der Waals surface area contributed by atoms with Crippen LogP contribution in [0, 0.1) is 17.8 Å². The fraction of sp³-hybridized carbons (Fsp3) is 0.542. The molecule has 1 aromatic carbocycles. The average molecular weight is 407 g/mol. The number of hydrogen-bond acceptors (Lipinski definition) is 4. The standard InChI is InChI=1S/C24H30N4O2/c1-3-30-20-6-4-19(5-7-20)15(2)25-28-23(29)21-11-22(27-26-21)24-12-16-8-17(13-24)10-18(9-16)14-24/h4-7,11,16-18H,3,8-10,12-14H2,1-2H3,(H,26,27)(H,28,29). The van der Waals surface area contributed by atoms with Crippen molar-refractivity contribution >= 4 is 11.6 Å². The monoisotopic (exact) mass is 406 g/mol. The largest absolute Gasteiger partial charge is 0.494 e. The summed E-state index contributed by atoms with van der Waals surface area (Å²) in [6, 6.07) is 9.66. The van der Waals surface area contributed by atoms with E-state index in [2.05, 4.69) is 20.7 Å². The predicted molar refractivity (Wildman–Crippen MR) is 116 cm³/mol. The first-order valence-electron chi connectivity index (χ1n) is 11.2. The third-order valence-corrected chi connectivity index (χ3v) is 7.33. The number of amides is 1. The number of nitrogens with zero attached hydrogens (tertiary/aromatic N) is 2. The molecular weight excluding hydrogens is 376 g/mol. The van der Waals surface area contributed by atoms with Crippen LogP contribution in [0.25, 0.3) is 0 Å². The number of aromatic nitrogens is 2. The van der Waals surface area contributed by atoms with Gasteiger partial charge in [0.2, 0.25) is 0 Å². The van der Waals surface area contributed by atoms with Gasteiger partial charge in [0.15, 0.2) is 5.69 Å². The molecule has 6 heteroatoms. The van der Waals surface area contributed by atoms with Crippen LogP contribution < -0.4 is 10.2 Å². The fourth-order valence-electron chi connectivity index (χ4n) is 6.37. The minimum atomic E-state index is -0.271. The van der Waals surface area contributed by atoms with E-state index in [1.807, 2.05) is 44.2 Å². The van der Waals surface area contributed by atoms with E-state index in [9.17, 15) is 4.79 Å². The molecule has 2 N–H and O–H groups in total. The molecule has 6 nitrogen and oxygen atoms in total. The number of benzene rings is 1. The molecule has 158 valence electrons. The van der Waals surface area contributed by atoms with Crippen molar-refractivity contribution in [2.75, 3.05) is 6.61 Å². The molecule has 2 aromatic rings. The van der Waals surface area contributed by atoms with Crippen molar-refractivity contribution in [1.82, 2.24) is 15.6 Å². The number of hydrogen-bond donors (Lipinski definition) is 2. The number of H-pyrrole nitrogens is 1. The highest BCUT2D eigenvalue weighted by molar-refractivity contribution is 6.00. The summed E-state index contributed by atoms with van der Waals surface area (Å²) in [6.45, 7) is 4.47. The van der Waals surface area contributed by atoms with Crippen molar-refractivity contribution in [3.63, 3.8) is 0 Å². The van der Waals surface area contributed by atoms with Crippen molar-refractivity contribution in [1.29, 1.82) is 0 Å². The van der Waals surface area contributed by atoms with Gasteiger partial charge in [0, 0.05) is 11.1 Å². The summed E-state index contributed by atoms with van der Waals surface area (Å²) in [6.07, 6.45) is 7.95. The number of hydrazone groups is 1. The molecule has 4 fully saturated rings.